The lowest BCUT2D eigenvalue weighted by atomic mass is 10.3. The average Bonchev–Trinajstić information content (AvgIpc) is 2.82. The Hall–Kier alpha value is -1.32. The number of anilines is 2. The largest absolute Gasteiger partial charge is 0.370 e. The summed E-state index contributed by atoms with van der Waals surface area (Å²) in [6.07, 6.45) is 4.95. The molecule has 2 rings (SSSR count). The number of hydrogen-bond donors (Lipinski definition) is 1. The molecule has 1 saturated heterocycles. The molecule has 0 saturated carbocycles. The molecule has 4 nitrogen and oxygen atoms in total. The van der Waals surface area contributed by atoms with Gasteiger partial charge in [-0.2, -0.15) is 0 Å². The van der Waals surface area contributed by atoms with E-state index in [1.807, 2.05) is 6.92 Å². The summed E-state index contributed by atoms with van der Waals surface area (Å²) in [5.41, 5.74) is 0. The van der Waals surface area contributed by atoms with Gasteiger partial charge in [0.2, 0.25) is 0 Å². The van der Waals surface area contributed by atoms with Crippen molar-refractivity contribution in [1.82, 2.24) is 9.97 Å². The van der Waals surface area contributed by atoms with Crippen molar-refractivity contribution in [3.63, 3.8) is 0 Å². The SMILES string of the molecule is CCCCNc1cc(N2CCCC2)nc(C)n1. The quantitative estimate of drug-likeness (QED) is 0.795. The Morgan fingerprint density at radius 2 is 2.06 bits per heavy atom. The maximum absolute atomic E-state index is 4.52. The topological polar surface area (TPSA) is 41.0 Å². The molecule has 17 heavy (non-hydrogen) atoms. The zero-order valence-corrected chi connectivity index (χ0v) is 10.9. The van der Waals surface area contributed by atoms with E-state index in [0.717, 1.165) is 37.1 Å². The lowest BCUT2D eigenvalue weighted by Crippen LogP contribution is -2.20. The summed E-state index contributed by atoms with van der Waals surface area (Å²) < 4.78 is 0. The van der Waals surface area contributed by atoms with E-state index in [0.29, 0.717) is 0 Å². The number of nitrogens with one attached hydrogen (secondary N) is 1. The molecule has 2 heterocycles. The highest BCUT2D eigenvalue weighted by molar-refractivity contribution is 5.49. The first-order valence-corrected chi connectivity index (χ1v) is 6.64. The van der Waals surface area contributed by atoms with Crippen LogP contribution in [0.25, 0.3) is 0 Å². The third-order valence-corrected chi connectivity index (χ3v) is 3.09. The average molecular weight is 234 g/mol. The number of aromatic nitrogens is 2. The molecule has 0 bridgehead atoms. The van der Waals surface area contributed by atoms with Crippen molar-refractivity contribution in [1.29, 1.82) is 0 Å². The second-order valence-corrected chi connectivity index (χ2v) is 4.63. The summed E-state index contributed by atoms with van der Waals surface area (Å²) >= 11 is 0. The minimum atomic E-state index is 0.855. The molecule has 1 aliphatic heterocycles. The van der Waals surface area contributed by atoms with Crippen molar-refractivity contribution in [2.24, 2.45) is 0 Å². The lowest BCUT2D eigenvalue weighted by molar-refractivity contribution is 0.827. The Balaban J connectivity index is 2.05. The van der Waals surface area contributed by atoms with Crippen LogP contribution < -0.4 is 10.2 Å². The molecule has 1 aromatic heterocycles. The second-order valence-electron chi connectivity index (χ2n) is 4.63. The molecule has 0 aromatic carbocycles. The molecule has 1 aliphatic rings. The van der Waals surface area contributed by atoms with Gasteiger partial charge in [0.05, 0.1) is 0 Å². The van der Waals surface area contributed by atoms with Crippen LogP contribution in [-0.4, -0.2) is 29.6 Å². The highest BCUT2D eigenvalue weighted by atomic mass is 15.2. The fourth-order valence-corrected chi connectivity index (χ4v) is 2.14. The summed E-state index contributed by atoms with van der Waals surface area (Å²) in [4.78, 5) is 11.3. The van der Waals surface area contributed by atoms with Crippen molar-refractivity contribution >= 4 is 11.6 Å². The van der Waals surface area contributed by atoms with Gasteiger partial charge in [0.15, 0.2) is 0 Å². The number of aryl methyl sites for hydroxylation is 1. The Morgan fingerprint density at radius 1 is 1.29 bits per heavy atom. The number of nitrogens with zero attached hydrogens (tertiary/aromatic N) is 3. The van der Waals surface area contributed by atoms with E-state index in [9.17, 15) is 0 Å². The second kappa shape index (κ2) is 5.84. The maximum atomic E-state index is 4.52. The summed E-state index contributed by atoms with van der Waals surface area (Å²) in [7, 11) is 0. The first-order chi connectivity index (χ1) is 8.29. The molecular weight excluding hydrogens is 212 g/mol. The van der Waals surface area contributed by atoms with Gasteiger partial charge in [-0.05, 0) is 26.2 Å². The summed E-state index contributed by atoms with van der Waals surface area (Å²) in [6.45, 7) is 7.41. The Morgan fingerprint density at radius 3 is 2.76 bits per heavy atom. The lowest BCUT2D eigenvalue weighted by Gasteiger charge is -2.17. The van der Waals surface area contributed by atoms with E-state index >= 15 is 0 Å². The molecule has 1 aromatic rings. The van der Waals surface area contributed by atoms with Crippen LogP contribution in [0.15, 0.2) is 6.07 Å². The number of rotatable bonds is 5. The summed E-state index contributed by atoms with van der Waals surface area (Å²) in [5, 5.41) is 3.37. The molecular formula is C13H22N4. The van der Waals surface area contributed by atoms with Crippen molar-refractivity contribution in [2.45, 2.75) is 39.5 Å². The van der Waals surface area contributed by atoms with E-state index in [-0.39, 0.29) is 0 Å². The monoisotopic (exact) mass is 234 g/mol. The normalized spacial score (nSPS) is 15.3. The molecule has 1 fully saturated rings. The van der Waals surface area contributed by atoms with Gasteiger partial charge in [0.1, 0.15) is 17.5 Å². The van der Waals surface area contributed by atoms with Gasteiger partial charge in [-0.1, -0.05) is 13.3 Å². The zero-order valence-electron chi connectivity index (χ0n) is 10.9. The van der Waals surface area contributed by atoms with Crippen LogP contribution in [0.3, 0.4) is 0 Å². The fraction of sp³-hybridized carbons (Fsp3) is 0.692. The van der Waals surface area contributed by atoms with Gasteiger partial charge in [0, 0.05) is 25.7 Å². The Labute approximate surface area is 103 Å². The van der Waals surface area contributed by atoms with Crippen molar-refractivity contribution < 1.29 is 0 Å². The van der Waals surface area contributed by atoms with E-state index in [1.165, 1.54) is 25.7 Å². The van der Waals surface area contributed by atoms with Crippen molar-refractivity contribution in [3.8, 4) is 0 Å². The minimum absolute atomic E-state index is 0.855. The van der Waals surface area contributed by atoms with Gasteiger partial charge in [-0.3, -0.25) is 0 Å². The standard InChI is InChI=1S/C13H22N4/c1-3-4-7-14-12-10-13(16-11(2)15-12)17-8-5-6-9-17/h10H,3-9H2,1-2H3,(H,14,15,16). The van der Waals surface area contributed by atoms with Crippen LogP contribution >= 0.6 is 0 Å². The van der Waals surface area contributed by atoms with Gasteiger partial charge in [-0.25, -0.2) is 9.97 Å². The van der Waals surface area contributed by atoms with Crippen molar-refractivity contribution in [2.75, 3.05) is 29.9 Å². The van der Waals surface area contributed by atoms with Crippen LogP contribution in [0.2, 0.25) is 0 Å². The third kappa shape index (κ3) is 3.32. The maximum Gasteiger partial charge on any atom is 0.134 e. The molecule has 1 N–H and O–H groups in total. The minimum Gasteiger partial charge on any atom is -0.370 e. The highest BCUT2D eigenvalue weighted by Crippen LogP contribution is 2.20. The van der Waals surface area contributed by atoms with Crippen molar-refractivity contribution in [3.05, 3.63) is 11.9 Å². The molecule has 94 valence electrons. The van der Waals surface area contributed by atoms with Crippen LogP contribution in [-0.2, 0) is 0 Å². The molecule has 0 aliphatic carbocycles. The summed E-state index contributed by atoms with van der Waals surface area (Å²) in [6, 6.07) is 2.08. The van der Waals surface area contributed by atoms with E-state index in [4.69, 9.17) is 0 Å². The molecule has 4 heteroatoms. The van der Waals surface area contributed by atoms with Crippen LogP contribution in [0.4, 0.5) is 11.6 Å². The number of unbranched alkanes of at least 4 members (excludes halogenated alkanes) is 1. The number of hydrogen-bond acceptors (Lipinski definition) is 4. The molecule has 0 radical (unpaired) electrons. The zero-order chi connectivity index (χ0) is 12.1. The Kier molecular flexibility index (Phi) is 4.18. The highest BCUT2D eigenvalue weighted by Gasteiger charge is 2.14. The van der Waals surface area contributed by atoms with Gasteiger partial charge in [0.25, 0.3) is 0 Å². The predicted octanol–water partition coefficient (Wildman–Crippen LogP) is 2.60. The third-order valence-electron chi connectivity index (χ3n) is 3.09. The van der Waals surface area contributed by atoms with Crippen LogP contribution in [0.5, 0.6) is 0 Å². The first kappa shape index (κ1) is 12.1. The molecule has 0 unspecified atom stereocenters. The molecule has 0 atom stereocenters. The first-order valence-electron chi connectivity index (χ1n) is 6.64. The van der Waals surface area contributed by atoms with Gasteiger partial charge < -0.3 is 10.2 Å². The molecule has 0 amide bonds. The van der Waals surface area contributed by atoms with E-state index < -0.39 is 0 Å². The van der Waals surface area contributed by atoms with E-state index in [2.05, 4.69) is 33.2 Å². The van der Waals surface area contributed by atoms with Gasteiger partial charge in [-0.15, -0.1) is 0 Å². The fourth-order valence-electron chi connectivity index (χ4n) is 2.14. The smallest absolute Gasteiger partial charge is 0.134 e. The van der Waals surface area contributed by atoms with Crippen LogP contribution in [0.1, 0.15) is 38.4 Å². The summed E-state index contributed by atoms with van der Waals surface area (Å²) in [5.74, 6) is 2.90. The molecule has 0 spiro atoms. The van der Waals surface area contributed by atoms with E-state index in [1.54, 1.807) is 0 Å². The van der Waals surface area contributed by atoms with Crippen LogP contribution in [0, 0.1) is 6.92 Å². The van der Waals surface area contributed by atoms with Gasteiger partial charge >= 0.3 is 0 Å². The Bertz CT molecular complexity index is 358. The predicted molar refractivity (Wildman–Crippen MR) is 71.6 cm³/mol.